The van der Waals surface area contributed by atoms with Crippen LogP contribution in [0.3, 0.4) is 0 Å². The number of dihydropyridines is 1. The van der Waals surface area contributed by atoms with Gasteiger partial charge in [-0.15, -0.1) is 0 Å². The zero-order chi connectivity index (χ0) is 17.3. The van der Waals surface area contributed by atoms with E-state index in [2.05, 4.69) is 56.8 Å². The van der Waals surface area contributed by atoms with Crippen LogP contribution in [-0.4, -0.2) is 46.3 Å². The number of nitrogens with one attached hydrogen (secondary N) is 2. The summed E-state index contributed by atoms with van der Waals surface area (Å²) in [5.41, 5.74) is 7.50. The minimum Gasteiger partial charge on any atom is -0.384 e. The van der Waals surface area contributed by atoms with Crippen molar-refractivity contribution < 1.29 is 0 Å². The number of fused-ring (bicyclic) bond motifs is 1. The molecule has 2 N–H and O–H groups in total. The van der Waals surface area contributed by atoms with Crippen molar-refractivity contribution in [2.75, 3.05) is 26.2 Å². The van der Waals surface area contributed by atoms with E-state index in [0.29, 0.717) is 0 Å². The SMILES string of the molecule is C1=C(c2cn[nH]c2)C2=C(CN(CCc3ccc4ccccc4n3)C2)NC1. The molecule has 0 saturated heterocycles. The van der Waals surface area contributed by atoms with Crippen LogP contribution in [0.2, 0.25) is 0 Å². The van der Waals surface area contributed by atoms with Gasteiger partial charge in [-0.1, -0.05) is 30.3 Å². The standard InChI is InChI=1S/C21H21N5/c1-2-4-20-15(3-1)5-6-17(25-20)8-10-26-13-19-18(16-11-23-24-12-16)7-9-22-21(19)14-26/h1-7,11-12,22H,8-10,13-14H2,(H,23,24). The molecule has 2 aromatic heterocycles. The lowest BCUT2D eigenvalue weighted by Gasteiger charge is -2.16. The minimum atomic E-state index is 0.888. The van der Waals surface area contributed by atoms with E-state index >= 15 is 0 Å². The first kappa shape index (κ1) is 15.3. The zero-order valence-electron chi connectivity index (χ0n) is 14.6. The molecule has 0 bridgehead atoms. The van der Waals surface area contributed by atoms with Crippen LogP contribution in [0, 0.1) is 0 Å². The molecule has 130 valence electrons. The number of pyridine rings is 1. The fourth-order valence-corrected chi connectivity index (χ4v) is 3.87. The molecule has 0 atom stereocenters. The molecule has 4 heterocycles. The Hall–Kier alpha value is -2.92. The van der Waals surface area contributed by atoms with Crippen molar-refractivity contribution >= 4 is 16.5 Å². The zero-order valence-corrected chi connectivity index (χ0v) is 14.6. The molecule has 2 aliphatic heterocycles. The minimum absolute atomic E-state index is 0.888. The predicted molar refractivity (Wildman–Crippen MR) is 103 cm³/mol. The van der Waals surface area contributed by atoms with Gasteiger partial charge in [0.1, 0.15) is 0 Å². The topological polar surface area (TPSA) is 56.8 Å². The van der Waals surface area contributed by atoms with E-state index in [9.17, 15) is 0 Å². The lowest BCUT2D eigenvalue weighted by atomic mass is 9.97. The Balaban J connectivity index is 1.27. The van der Waals surface area contributed by atoms with Crippen molar-refractivity contribution in [2.24, 2.45) is 0 Å². The molecule has 2 aliphatic rings. The van der Waals surface area contributed by atoms with Gasteiger partial charge in [0.15, 0.2) is 0 Å². The third-order valence-corrected chi connectivity index (χ3v) is 5.22. The molecule has 3 aromatic rings. The highest BCUT2D eigenvalue weighted by atomic mass is 15.2. The van der Waals surface area contributed by atoms with Crippen LogP contribution < -0.4 is 5.32 Å². The first-order valence-electron chi connectivity index (χ1n) is 9.09. The van der Waals surface area contributed by atoms with E-state index in [1.807, 2.05) is 18.5 Å². The number of hydrogen-bond acceptors (Lipinski definition) is 4. The Labute approximate surface area is 152 Å². The van der Waals surface area contributed by atoms with E-state index in [1.165, 1.54) is 27.8 Å². The quantitative estimate of drug-likeness (QED) is 0.765. The third-order valence-electron chi connectivity index (χ3n) is 5.22. The van der Waals surface area contributed by atoms with Crippen LogP contribution in [0.1, 0.15) is 11.3 Å². The first-order chi connectivity index (χ1) is 12.9. The van der Waals surface area contributed by atoms with Crippen LogP contribution in [0.25, 0.3) is 16.5 Å². The number of para-hydroxylation sites is 1. The summed E-state index contributed by atoms with van der Waals surface area (Å²) < 4.78 is 0. The number of nitrogens with zero attached hydrogens (tertiary/aromatic N) is 3. The summed E-state index contributed by atoms with van der Waals surface area (Å²) in [4.78, 5) is 7.30. The van der Waals surface area contributed by atoms with Gasteiger partial charge in [-0.2, -0.15) is 5.10 Å². The van der Waals surface area contributed by atoms with Crippen molar-refractivity contribution in [3.8, 4) is 0 Å². The molecule has 0 amide bonds. The van der Waals surface area contributed by atoms with Crippen LogP contribution in [0.4, 0.5) is 0 Å². The second kappa shape index (κ2) is 6.42. The monoisotopic (exact) mass is 343 g/mol. The first-order valence-corrected chi connectivity index (χ1v) is 9.09. The van der Waals surface area contributed by atoms with Gasteiger partial charge in [0, 0.05) is 61.1 Å². The third kappa shape index (κ3) is 2.80. The Morgan fingerprint density at radius 2 is 2.04 bits per heavy atom. The molecular weight excluding hydrogens is 322 g/mol. The fourth-order valence-electron chi connectivity index (χ4n) is 3.87. The molecule has 1 aromatic carbocycles. The molecular formula is C21H21N5. The average molecular weight is 343 g/mol. The van der Waals surface area contributed by atoms with Crippen molar-refractivity contribution in [1.29, 1.82) is 0 Å². The van der Waals surface area contributed by atoms with E-state index in [-0.39, 0.29) is 0 Å². The highest BCUT2D eigenvalue weighted by Gasteiger charge is 2.27. The maximum atomic E-state index is 4.80. The summed E-state index contributed by atoms with van der Waals surface area (Å²) in [7, 11) is 0. The van der Waals surface area contributed by atoms with E-state index in [4.69, 9.17) is 4.98 Å². The van der Waals surface area contributed by atoms with Crippen LogP contribution in [0.15, 0.2) is 66.1 Å². The lowest BCUT2D eigenvalue weighted by Crippen LogP contribution is -2.26. The molecule has 5 nitrogen and oxygen atoms in total. The Morgan fingerprint density at radius 3 is 2.96 bits per heavy atom. The van der Waals surface area contributed by atoms with Gasteiger partial charge in [0.25, 0.3) is 0 Å². The fraction of sp³-hybridized carbons (Fsp3) is 0.238. The molecule has 0 radical (unpaired) electrons. The molecule has 0 unspecified atom stereocenters. The largest absolute Gasteiger partial charge is 0.384 e. The summed E-state index contributed by atoms with van der Waals surface area (Å²) in [6, 6.07) is 12.6. The highest BCUT2D eigenvalue weighted by Crippen LogP contribution is 2.31. The number of aromatic amines is 1. The number of H-pyrrole nitrogens is 1. The smallest absolute Gasteiger partial charge is 0.0705 e. The predicted octanol–water partition coefficient (Wildman–Crippen LogP) is 2.76. The molecule has 5 heteroatoms. The van der Waals surface area contributed by atoms with Crippen molar-refractivity contribution in [2.45, 2.75) is 6.42 Å². The summed E-state index contributed by atoms with van der Waals surface area (Å²) >= 11 is 0. The summed E-state index contributed by atoms with van der Waals surface area (Å²) in [5.74, 6) is 0. The van der Waals surface area contributed by atoms with Gasteiger partial charge in [0.05, 0.1) is 11.7 Å². The summed E-state index contributed by atoms with van der Waals surface area (Å²) in [6.45, 7) is 3.86. The van der Waals surface area contributed by atoms with Crippen LogP contribution >= 0.6 is 0 Å². The van der Waals surface area contributed by atoms with Crippen molar-refractivity contribution in [1.82, 2.24) is 25.4 Å². The Kier molecular flexibility index (Phi) is 3.79. The van der Waals surface area contributed by atoms with Gasteiger partial charge < -0.3 is 5.32 Å². The number of aromatic nitrogens is 3. The van der Waals surface area contributed by atoms with E-state index in [1.54, 1.807) is 0 Å². The molecule has 0 fully saturated rings. The van der Waals surface area contributed by atoms with Gasteiger partial charge in [-0.3, -0.25) is 15.0 Å². The molecule has 0 saturated carbocycles. The normalized spacial score (nSPS) is 17.3. The van der Waals surface area contributed by atoms with Gasteiger partial charge in [0.2, 0.25) is 0 Å². The van der Waals surface area contributed by atoms with Crippen LogP contribution in [-0.2, 0) is 6.42 Å². The van der Waals surface area contributed by atoms with Crippen molar-refractivity contribution in [3.63, 3.8) is 0 Å². The van der Waals surface area contributed by atoms with Gasteiger partial charge in [-0.25, -0.2) is 0 Å². The summed E-state index contributed by atoms with van der Waals surface area (Å²) in [6.07, 6.45) is 7.11. The van der Waals surface area contributed by atoms with Crippen LogP contribution in [0.5, 0.6) is 0 Å². The van der Waals surface area contributed by atoms with E-state index in [0.717, 1.165) is 43.8 Å². The highest BCUT2D eigenvalue weighted by molar-refractivity contribution is 5.81. The molecule has 26 heavy (non-hydrogen) atoms. The second-order valence-electron chi connectivity index (χ2n) is 6.90. The number of hydrogen-bond donors (Lipinski definition) is 2. The Morgan fingerprint density at radius 1 is 1.08 bits per heavy atom. The molecule has 0 aliphatic carbocycles. The molecule has 5 rings (SSSR count). The average Bonchev–Trinajstić information content (AvgIpc) is 3.35. The maximum absolute atomic E-state index is 4.80. The number of benzene rings is 1. The van der Waals surface area contributed by atoms with Gasteiger partial charge >= 0.3 is 0 Å². The number of rotatable bonds is 4. The van der Waals surface area contributed by atoms with Crippen molar-refractivity contribution in [3.05, 3.63) is 77.4 Å². The second-order valence-corrected chi connectivity index (χ2v) is 6.90. The van der Waals surface area contributed by atoms with E-state index < -0.39 is 0 Å². The van der Waals surface area contributed by atoms with Gasteiger partial charge in [-0.05, 0) is 23.3 Å². The molecule has 0 spiro atoms. The summed E-state index contributed by atoms with van der Waals surface area (Å²) in [5, 5.41) is 11.8. The maximum Gasteiger partial charge on any atom is 0.0705 e. The lowest BCUT2D eigenvalue weighted by molar-refractivity contribution is 0.346. The Bertz CT molecular complexity index is 1000.